The second-order valence-corrected chi connectivity index (χ2v) is 5.68. The lowest BCUT2D eigenvalue weighted by atomic mass is 10.5. The fourth-order valence-electron chi connectivity index (χ4n) is 1.55. The van der Waals surface area contributed by atoms with Crippen LogP contribution in [0.1, 0.15) is 0 Å². The number of nitrogens with one attached hydrogen (secondary N) is 1. The van der Waals surface area contributed by atoms with Crippen LogP contribution in [0.15, 0.2) is 47.5 Å². The molecule has 0 bridgehead atoms. The van der Waals surface area contributed by atoms with E-state index >= 15 is 0 Å². The number of hydrogen-bond acceptors (Lipinski definition) is 7. The number of thiazole rings is 1. The Balaban J connectivity index is 1.64. The van der Waals surface area contributed by atoms with Crippen molar-refractivity contribution in [2.75, 3.05) is 11.1 Å². The molecule has 0 fully saturated rings. The number of thioether (sulfide) groups is 1. The van der Waals surface area contributed by atoms with Crippen molar-refractivity contribution in [1.82, 2.24) is 24.7 Å². The Morgan fingerprint density at radius 3 is 3.05 bits per heavy atom. The summed E-state index contributed by atoms with van der Waals surface area (Å²) in [7, 11) is 0. The number of pyridine rings is 1. The van der Waals surface area contributed by atoms with E-state index in [0.29, 0.717) is 16.1 Å². The second kappa shape index (κ2) is 6.46. The number of amides is 1. The first-order valence-corrected chi connectivity index (χ1v) is 7.83. The number of anilines is 1. The van der Waals surface area contributed by atoms with E-state index in [-0.39, 0.29) is 11.7 Å². The predicted molar refractivity (Wildman–Crippen MR) is 80.6 cm³/mol. The molecule has 0 aliphatic rings. The molecule has 1 N–H and O–H groups in total. The van der Waals surface area contributed by atoms with Crippen LogP contribution in [0.25, 0.3) is 5.82 Å². The highest BCUT2D eigenvalue weighted by molar-refractivity contribution is 7.99. The molecule has 0 aliphatic heterocycles. The molecule has 0 aromatic carbocycles. The van der Waals surface area contributed by atoms with Gasteiger partial charge in [-0.25, -0.2) is 9.97 Å². The highest BCUT2D eigenvalue weighted by atomic mass is 32.2. The Labute approximate surface area is 128 Å². The van der Waals surface area contributed by atoms with Crippen LogP contribution in [-0.2, 0) is 4.79 Å². The van der Waals surface area contributed by atoms with E-state index in [4.69, 9.17) is 0 Å². The molecule has 0 saturated carbocycles. The van der Waals surface area contributed by atoms with E-state index in [1.165, 1.54) is 23.1 Å². The van der Waals surface area contributed by atoms with Crippen molar-refractivity contribution in [1.29, 1.82) is 0 Å². The first-order valence-electron chi connectivity index (χ1n) is 5.96. The average molecular weight is 318 g/mol. The Morgan fingerprint density at radius 1 is 1.33 bits per heavy atom. The number of aromatic nitrogens is 5. The quantitative estimate of drug-likeness (QED) is 0.723. The van der Waals surface area contributed by atoms with E-state index in [1.54, 1.807) is 28.7 Å². The van der Waals surface area contributed by atoms with Gasteiger partial charge in [-0.2, -0.15) is 0 Å². The maximum absolute atomic E-state index is 11.8. The van der Waals surface area contributed by atoms with Gasteiger partial charge in [0, 0.05) is 17.8 Å². The fourth-order valence-corrected chi connectivity index (χ4v) is 2.81. The first-order chi connectivity index (χ1) is 10.3. The summed E-state index contributed by atoms with van der Waals surface area (Å²) in [5, 5.41) is 13.6. The third-order valence-electron chi connectivity index (χ3n) is 2.42. The molecule has 106 valence electrons. The largest absolute Gasteiger partial charge is 0.301 e. The second-order valence-electron chi connectivity index (χ2n) is 3.85. The molecule has 21 heavy (non-hydrogen) atoms. The number of nitrogens with zero attached hydrogens (tertiary/aromatic N) is 5. The van der Waals surface area contributed by atoms with Crippen LogP contribution in [0, 0.1) is 0 Å². The lowest BCUT2D eigenvalue weighted by molar-refractivity contribution is -0.113. The minimum absolute atomic E-state index is 0.134. The highest BCUT2D eigenvalue weighted by Crippen LogP contribution is 2.18. The standard InChI is InChI=1S/C12H10N6OS2/c19-10(16-11-14-5-6-20-11)7-21-12-17-15-8-18(12)9-3-1-2-4-13-9/h1-6,8H,7H2,(H,14,16,19). The first kappa shape index (κ1) is 13.7. The highest BCUT2D eigenvalue weighted by Gasteiger charge is 2.11. The summed E-state index contributed by atoms with van der Waals surface area (Å²) in [6.07, 6.45) is 4.91. The third kappa shape index (κ3) is 3.44. The topological polar surface area (TPSA) is 85.6 Å². The van der Waals surface area contributed by atoms with E-state index < -0.39 is 0 Å². The summed E-state index contributed by atoms with van der Waals surface area (Å²) in [4.78, 5) is 20.0. The van der Waals surface area contributed by atoms with Gasteiger partial charge < -0.3 is 5.32 Å². The van der Waals surface area contributed by atoms with Gasteiger partial charge in [0.1, 0.15) is 12.1 Å². The van der Waals surface area contributed by atoms with Crippen LogP contribution < -0.4 is 5.32 Å². The Bertz CT molecular complexity index is 712. The Morgan fingerprint density at radius 2 is 2.29 bits per heavy atom. The van der Waals surface area contributed by atoms with Gasteiger partial charge in [-0.1, -0.05) is 17.8 Å². The van der Waals surface area contributed by atoms with Gasteiger partial charge in [0.2, 0.25) is 5.91 Å². The van der Waals surface area contributed by atoms with Crippen molar-refractivity contribution in [3.8, 4) is 5.82 Å². The molecule has 7 nitrogen and oxygen atoms in total. The van der Waals surface area contributed by atoms with Crippen LogP contribution >= 0.6 is 23.1 Å². The molecule has 9 heteroatoms. The SMILES string of the molecule is O=C(CSc1nncn1-c1ccccn1)Nc1nccs1. The lowest BCUT2D eigenvalue weighted by Gasteiger charge is -2.04. The Hall–Kier alpha value is -2.26. The summed E-state index contributed by atoms with van der Waals surface area (Å²) in [6.45, 7) is 0. The van der Waals surface area contributed by atoms with E-state index in [2.05, 4.69) is 25.5 Å². The van der Waals surface area contributed by atoms with Crippen molar-refractivity contribution in [3.05, 3.63) is 42.3 Å². The number of carbonyl (C=O) groups excluding carboxylic acids is 1. The van der Waals surface area contributed by atoms with Crippen molar-refractivity contribution in [3.63, 3.8) is 0 Å². The summed E-state index contributed by atoms with van der Waals surface area (Å²) in [5.41, 5.74) is 0. The van der Waals surface area contributed by atoms with Crippen molar-refractivity contribution in [2.24, 2.45) is 0 Å². The van der Waals surface area contributed by atoms with Gasteiger partial charge in [0.15, 0.2) is 10.3 Å². The fraction of sp³-hybridized carbons (Fsp3) is 0.0833. The lowest BCUT2D eigenvalue weighted by Crippen LogP contribution is -2.14. The molecule has 3 aromatic heterocycles. The average Bonchev–Trinajstić information content (AvgIpc) is 3.17. The normalized spacial score (nSPS) is 10.5. The molecular formula is C12H10N6OS2. The van der Waals surface area contributed by atoms with Crippen LogP contribution in [0.5, 0.6) is 0 Å². The maximum Gasteiger partial charge on any atom is 0.236 e. The van der Waals surface area contributed by atoms with Crippen LogP contribution in [0.3, 0.4) is 0 Å². The zero-order valence-corrected chi connectivity index (χ0v) is 12.3. The molecule has 1 amide bonds. The number of rotatable bonds is 5. The smallest absolute Gasteiger partial charge is 0.236 e. The van der Waals surface area contributed by atoms with Crippen LogP contribution in [0.4, 0.5) is 5.13 Å². The summed E-state index contributed by atoms with van der Waals surface area (Å²) >= 11 is 2.67. The molecule has 0 radical (unpaired) electrons. The van der Waals surface area contributed by atoms with E-state index in [0.717, 1.165) is 0 Å². The van der Waals surface area contributed by atoms with Gasteiger partial charge in [0.05, 0.1) is 5.75 Å². The number of hydrogen-bond donors (Lipinski definition) is 1. The van der Waals surface area contributed by atoms with Gasteiger partial charge in [-0.05, 0) is 12.1 Å². The van der Waals surface area contributed by atoms with Crippen molar-refractivity contribution >= 4 is 34.1 Å². The zero-order chi connectivity index (χ0) is 14.5. The summed E-state index contributed by atoms with van der Waals surface area (Å²) in [5.74, 6) is 0.807. The molecule has 3 rings (SSSR count). The predicted octanol–water partition coefficient (Wildman–Crippen LogP) is 1.85. The van der Waals surface area contributed by atoms with Gasteiger partial charge in [0.25, 0.3) is 0 Å². The zero-order valence-electron chi connectivity index (χ0n) is 10.7. The monoisotopic (exact) mass is 318 g/mol. The van der Waals surface area contributed by atoms with Gasteiger partial charge in [-0.3, -0.25) is 9.36 Å². The number of carbonyl (C=O) groups is 1. The summed E-state index contributed by atoms with van der Waals surface area (Å²) in [6, 6.07) is 5.57. The maximum atomic E-state index is 11.8. The minimum atomic E-state index is -0.134. The summed E-state index contributed by atoms with van der Waals surface area (Å²) < 4.78 is 1.74. The third-order valence-corrected chi connectivity index (χ3v) is 4.06. The molecule has 0 aliphatic carbocycles. The minimum Gasteiger partial charge on any atom is -0.301 e. The molecule has 3 heterocycles. The van der Waals surface area contributed by atoms with Crippen LogP contribution in [0.2, 0.25) is 0 Å². The van der Waals surface area contributed by atoms with E-state index in [9.17, 15) is 4.79 Å². The molecular weight excluding hydrogens is 308 g/mol. The molecule has 0 spiro atoms. The van der Waals surface area contributed by atoms with E-state index in [1.807, 2.05) is 18.2 Å². The van der Waals surface area contributed by atoms with Crippen LogP contribution in [-0.4, -0.2) is 36.4 Å². The molecule has 0 unspecified atom stereocenters. The molecule has 0 atom stereocenters. The Kier molecular flexibility index (Phi) is 4.22. The molecule has 3 aromatic rings. The molecule has 0 saturated heterocycles. The van der Waals surface area contributed by atoms with Gasteiger partial charge >= 0.3 is 0 Å². The van der Waals surface area contributed by atoms with Crippen molar-refractivity contribution in [2.45, 2.75) is 5.16 Å². The van der Waals surface area contributed by atoms with Gasteiger partial charge in [-0.15, -0.1) is 21.5 Å². The van der Waals surface area contributed by atoms with Crippen molar-refractivity contribution < 1.29 is 4.79 Å².